The first-order chi connectivity index (χ1) is 14.3. The van der Waals surface area contributed by atoms with Crippen molar-refractivity contribution in [3.63, 3.8) is 0 Å². The summed E-state index contributed by atoms with van der Waals surface area (Å²) in [6.45, 7) is 1.94. The molecule has 1 aromatic heterocycles. The molecular formula is C20H27N3O5S2. The van der Waals surface area contributed by atoms with Crippen LogP contribution in [0.25, 0.3) is 10.2 Å². The predicted octanol–water partition coefficient (Wildman–Crippen LogP) is 2.49. The number of hydrogen-bond donors (Lipinski definition) is 0. The Balaban J connectivity index is 1.57. The Morgan fingerprint density at radius 1 is 1.33 bits per heavy atom. The number of rotatable bonds is 6. The molecule has 1 amide bonds. The van der Waals surface area contributed by atoms with E-state index >= 15 is 0 Å². The Labute approximate surface area is 180 Å². The van der Waals surface area contributed by atoms with Gasteiger partial charge in [-0.1, -0.05) is 11.3 Å². The number of aromatic nitrogens is 1. The van der Waals surface area contributed by atoms with Gasteiger partial charge >= 0.3 is 0 Å². The first-order valence-electron chi connectivity index (χ1n) is 10.2. The average molecular weight is 454 g/mol. The Hall–Kier alpha value is -1.75. The third-order valence-corrected chi connectivity index (χ3v) is 8.13. The van der Waals surface area contributed by atoms with Crippen LogP contribution in [0.5, 0.6) is 5.75 Å². The summed E-state index contributed by atoms with van der Waals surface area (Å²) in [6.07, 6.45) is 4.19. The van der Waals surface area contributed by atoms with E-state index in [1.165, 1.54) is 21.9 Å². The second-order valence-corrected chi connectivity index (χ2v) is 10.8. The van der Waals surface area contributed by atoms with Crippen LogP contribution in [0.4, 0.5) is 5.13 Å². The molecule has 0 spiro atoms. The molecule has 0 N–H and O–H groups in total. The van der Waals surface area contributed by atoms with Gasteiger partial charge in [-0.15, -0.1) is 0 Å². The summed E-state index contributed by atoms with van der Waals surface area (Å²) in [7, 11) is -1.61. The fourth-order valence-electron chi connectivity index (χ4n) is 4.05. The van der Waals surface area contributed by atoms with Crippen LogP contribution in [0, 0.1) is 5.92 Å². The predicted molar refractivity (Wildman–Crippen MR) is 117 cm³/mol. The Morgan fingerprint density at radius 3 is 2.73 bits per heavy atom. The van der Waals surface area contributed by atoms with Crippen molar-refractivity contribution in [2.45, 2.75) is 31.8 Å². The van der Waals surface area contributed by atoms with Crippen molar-refractivity contribution in [1.29, 1.82) is 0 Å². The largest absolute Gasteiger partial charge is 0.497 e. The van der Waals surface area contributed by atoms with Crippen molar-refractivity contribution >= 4 is 42.6 Å². The molecule has 10 heteroatoms. The summed E-state index contributed by atoms with van der Waals surface area (Å²) in [6, 6.07) is 5.71. The van der Waals surface area contributed by atoms with E-state index in [0.29, 0.717) is 37.6 Å². The number of methoxy groups -OCH3 is 1. The number of hydrogen-bond acceptors (Lipinski definition) is 7. The van der Waals surface area contributed by atoms with Gasteiger partial charge in [0.25, 0.3) is 0 Å². The fourth-order valence-corrected chi connectivity index (χ4v) is 5.88. The van der Waals surface area contributed by atoms with Crippen LogP contribution in [0.3, 0.4) is 0 Å². The molecule has 0 radical (unpaired) electrons. The van der Waals surface area contributed by atoms with Crippen LogP contribution < -0.4 is 9.64 Å². The fraction of sp³-hybridized carbons (Fsp3) is 0.600. The molecule has 1 aromatic carbocycles. The molecular weight excluding hydrogens is 426 g/mol. The molecule has 0 bridgehead atoms. The minimum atomic E-state index is -3.22. The number of fused-ring (bicyclic) bond motifs is 1. The average Bonchev–Trinajstić information content (AvgIpc) is 3.39. The van der Waals surface area contributed by atoms with Crippen molar-refractivity contribution in [3.8, 4) is 5.75 Å². The molecule has 2 saturated heterocycles. The van der Waals surface area contributed by atoms with Gasteiger partial charge < -0.3 is 9.47 Å². The van der Waals surface area contributed by atoms with Crippen molar-refractivity contribution in [3.05, 3.63) is 18.2 Å². The van der Waals surface area contributed by atoms with Crippen molar-refractivity contribution < 1.29 is 22.7 Å². The molecule has 2 fully saturated rings. The van der Waals surface area contributed by atoms with Gasteiger partial charge in [0, 0.05) is 31.7 Å². The highest BCUT2D eigenvalue weighted by Crippen LogP contribution is 2.34. The quantitative estimate of drug-likeness (QED) is 0.668. The molecule has 4 rings (SSSR count). The summed E-state index contributed by atoms with van der Waals surface area (Å²) < 4.78 is 37.1. The van der Waals surface area contributed by atoms with Gasteiger partial charge in [-0.2, -0.15) is 0 Å². The van der Waals surface area contributed by atoms with Crippen molar-refractivity contribution in [2.75, 3.05) is 44.5 Å². The molecule has 1 unspecified atom stereocenters. The maximum atomic E-state index is 13.5. The third-order valence-electron chi connectivity index (χ3n) is 5.76. The summed E-state index contributed by atoms with van der Waals surface area (Å²) in [5, 5.41) is 0.657. The van der Waals surface area contributed by atoms with E-state index in [1.807, 2.05) is 18.2 Å². The van der Waals surface area contributed by atoms with E-state index in [9.17, 15) is 13.2 Å². The maximum Gasteiger partial charge on any atom is 0.232 e. The lowest BCUT2D eigenvalue weighted by atomic mass is 9.96. The van der Waals surface area contributed by atoms with E-state index in [4.69, 9.17) is 14.5 Å². The van der Waals surface area contributed by atoms with Gasteiger partial charge in [-0.3, -0.25) is 9.69 Å². The lowest BCUT2D eigenvalue weighted by molar-refractivity contribution is -0.123. The smallest absolute Gasteiger partial charge is 0.232 e. The third kappa shape index (κ3) is 4.61. The first-order valence-corrected chi connectivity index (χ1v) is 12.8. The Kier molecular flexibility index (Phi) is 6.29. The van der Waals surface area contributed by atoms with E-state index in [0.717, 1.165) is 35.4 Å². The van der Waals surface area contributed by atoms with Crippen LogP contribution in [-0.4, -0.2) is 69.3 Å². The molecule has 164 valence electrons. The molecule has 0 aliphatic carbocycles. The number of benzene rings is 1. The highest BCUT2D eigenvalue weighted by Gasteiger charge is 2.34. The molecule has 2 aliphatic rings. The minimum Gasteiger partial charge on any atom is -0.497 e. The highest BCUT2D eigenvalue weighted by molar-refractivity contribution is 7.88. The Morgan fingerprint density at radius 2 is 2.10 bits per heavy atom. The number of nitrogens with zero attached hydrogens (tertiary/aromatic N) is 3. The zero-order chi connectivity index (χ0) is 21.3. The number of sulfonamides is 1. The van der Waals surface area contributed by atoms with E-state index in [1.54, 1.807) is 12.0 Å². The summed E-state index contributed by atoms with van der Waals surface area (Å²) in [5.74, 6) is 0.514. The lowest BCUT2D eigenvalue weighted by Gasteiger charge is -2.33. The maximum absolute atomic E-state index is 13.5. The van der Waals surface area contributed by atoms with Crippen LogP contribution in [-0.2, 0) is 19.6 Å². The number of carbonyl (C=O) groups excluding carboxylic acids is 1. The molecule has 3 heterocycles. The normalized spacial score (nSPS) is 21.2. The summed E-state index contributed by atoms with van der Waals surface area (Å²) >= 11 is 1.48. The van der Waals surface area contributed by atoms with Crippen LogP contribution in [0.15, 0.2) is 18.2 Å². The van der Waals surface area contributed by atoms with Gasteiger partial charge in [0.2, 0.25) is 15.9 Å². The van der Waals surface area contributed by atoms with E-state index < -0.39 is 10.0 Å². The second kappa shape index (κ2) is 8.78. The van der Waals surface area contributed by atoms with Crippen molar-refractivity contribution in [2.24, 2.45) is 5.92 Å². The van der Waals surface area contributed by atoms with Gasteiger partial charge in [-0.25, -0.2) is 17.7 Å². The molecule has 30 heavy (non-hydrogen) atoms. The van der Waals surface area contributed by atoms with Crippen LogP contribution >= 0.6 is 11.3 Å². The monoisotopic (exact) mass is 453 g/mol. The number of carbonyl (C=O) groups is 1. The van der Waals surface area contributed by atoms with E-state index in [-0.39, 0.29) is 17.9 Å². The number of thiazole rings is 1. The minimum absolute atomic E-state index is 0.00433. The molecule has 2 aliphatic heterocycles. The number of amides is 1. The molecule has 2 aromatic rings. The van der Waals surface area contributed by atoms with E-state index in [2.05, 4.69) is 0 Å². The topological polar surface area (TPSA) is 89.0 Å². The standard InChI is InChI=1S/C20H27N3O5S2/c1-27-15-5-6-18-17(12-15)21-20(29-18)23(13-16-4-3-11-28-16)19(24)14-7-9-22(10-8-14)30(2,25)26/h5-6,12,14,16H,3-4,7-11,13H2,1-2H3. The molecule has 1 atom stereocenters. The van der Waals surface area contributed by atoms with Crippen LogP contribution in [0.2, 0.25) is 0 Å². The van der Waals surface area contributed by atoms with Gasteiger partial charge in [0.05, 0.1) is 36.2 Å². The first kappa shape index (κ1) is 21.5. The van der Waals surface area contributed by atoms with Crippen molar-refractivity contribution in [1.82, 2.24) is 9.29 Å². The summed E-state index contributed by atoms with van der Waals surface area (Å²) in [5.41, 5.74) is 0.798. The SMILES string of the molecule is COc1ccc2sc(N(CC3CCCO3)C(=O)C3CCN(S(C)(=O)=O)CC3)nc2c1. The Bertz CT molecular complexity index is 1010. The number of ether oxygens (including phenoxy) is 2. The highest BCUT2D eigenvalue weighted by atomic mass is 32.2. The van der Waals surface area contributed by atoms with Gasteiger partial charge in [0.15, 0.2) is 5.13 Å². The van der Waals surface area contributed by atoms with Gasteiger partial charge in [-0.05, 0) is 37.8 Å². The zero-order valence-corrected chi connectivity index (χ0v) is 18.9. The second-order valence-electron chi connectivity index (χ2n) is 7.85. The summed E-state index contributed by atoms with van der Waals surface area (Å²) in [4.78, 5) is 20.0. The lowest BCUT2D eigenvalue weighted by Crippen LogP contribution is -2.46. The number of anilines is 1. The number of piperidine rings is 1. The molecule has 8 nitrogen and oxygen atoms in total. The van der Waals surface area contributed by atoms with Crippen LogP contribution in [0.1, 0.15) is 25.7 Å². The zero-order valence-electron chi connectivity index (χ0n) is 17.2. The van der Waals surface area contributed by atoms with Gasteiger partial charge in [0.1, 0.15) is 5.75 Å². The molecule has 0 saturated carbocycles.